The number of hydrogen-bond donors (Lipinski definition) is 1. The van der Waals surface area contributed by atoms with Crippen LogP contribution in [0.2, 0.25) is 0 Å². The lowest BCUT2D eigenvalue weighted by Crippen LogP contribution is -2.27. The van der Waals surface area contributed by atoms with E-state index in [0.29, 0.717) is 16.7 Å². The molecule has 0 bridgehead atoms. The topological polar surface area (TPSA) is 75.6 Å². The van der Waals surface area contributed by atoms with Gasteiger partial charge in [0.05, 0.1) is 5.71 Å². The van der Waals surface area contributed by atoms with Gasteiger partial charge in [0.15, 0.2) is 11.6 Å². The standard InChI is InChI=1S/C18H14N2O3/c1-11(19-20-18(23)12-7-3-2-4-8-12)15-16(21)13-9-5-6-10-14(13)17(15)22/h2-10,15H,1H3,(H,20,23)/b19-11-. The minimum Gasteiger partial charge on any atom is -0.293 e. The Bertz CT molecular complexity index is 790. The fraction of sp³-hybridized carbons (Fsp3) is 0.111. The van der Waals surface area contributed by atoms with Gasteiger partial charge in [-0.2, -0.15) is 5.10 Å². The number of fused-ring (bicyclic) bond motifs is 1. The number of carbonyl (C=O) groups is 3. The molecule has 0 atom stereocenters. The van der Waals surface area contributed by atoms with Gasteiger partial charge < -0.3 is 0 Å². The first kappa shape index (κ1) is 14.8. The van der Waals surface area contributed by atoms with Crippen molar-refractivity contribution in [2.75, 3.05) is 0 Å². The number of ketones is 2. The molecule has 1 N–H and O–H groups in total. The molecule has 0 heterocycles. The lowest BCUT2D eigenvalue weighted by atomic mass is 9.99. The van der Waals surface area contributed by atoms with Crippen LogP contribution in [0.25, 0.3) is 0 Å². The lowest BCUT2D eigenvalue weighted by Gasteiger charge is -2.07. The fourth-order valence-corrected chi connectivity index (χ4v) is 2.58. The van der Waals surface area contributed by atoms with E-state index >= 15 is 0 Å². The average Bonchev–Trinajstić information content (AvgIpc) is 2.85. The summed E-state index contributed by atoms with van der Waals surface area (Å²) in [6.45, 7) is 1.57. The average molecular weight is 306 g/mol. The van der Waals surface area contributed by atoms with Gasteiger partial charge in [-0.25, -0.2) is 5.43 Å². The molecule has 1 amide bonds. The third-order valence-corrected chi connectivity index (χ3v) is 3.77. The Hall–Kier alpha value is -3.08. The number of hydrazone groups is 1. The second-order valence-electron chi connectivity index (χ2n) is 5.27. The smallest absolute Gasteiger partial charge is 0.271 e. The Kier molecular flexibility index (Phi) is 3.85. The van der Waals surface area contributed by atoms with Crippen LogP contribution in [0.15, 0.2) is 59.7 Å². The normalized spacial score (nSPS) is 14.7. The Morgan fingerprint density at radius 2 is 1.43 bits per heavy atom. The summed E-state index contributed by atoms with van der Waals surface area (Å²) in [5.41, 5.74) is 3.94. The molecule has 0 fully saturated rings. The molecule has 0 aliphatic heterocycles. The monoisotopic (exact) mass is 306 g/mol. The molecule has 114 valence electrons. The van der Waals surface area contributed by atoms with Crippen LogP contribution in [-0.4, -0.2) is 23.2 Å². The van der Waals surface area contributed by atoms with Crippen LogP contribution in [0.3, 0.4) is 0 Å². The molecule has 0 spiro atoms. The quantitative estimate of drug-likeness (QED) is 0.538. The van der Waals surface area contributed by atoms with Crippen molar-refractivity contribution in [3.63, 3.8) is 0 Å². The van der Waals surface area contributed by atoms with Gasteiger partial charge in [0.1, 0.15) is 5.92 Å². The van der Waals surface area contributed by atoms with E-state index in [9.17, 15) is 14.4 Å². The van der Waals surface area contributed by atoms with Crippen LogP contribution in [0.5, 0.6) is 0 Å². The molecular weight excluding hydrogens is 292 g/mol. The maximum atomic E-state index is 12.3. The molecule has 23 heavy (non-hydrogen) atoms. The van der Waals surface area contributed by atoms with Gasteiger partial charge in [-0.05, 0) is 19.1 Å². The van der Waals surface area contributed by atoms with Crippen molar-refractivity contribution in [3.05, 3.63) is 71.3 Å². The van der Waals surface area contributed by atoms with Crippen LogP contribution in [-0.2, 0) is 0 Å². The van der Waals surface area contributed by atoms with Crippen LogP contribution in [0.4, 0.5) is 0 Å². The first-order valence-corrected chi connectivity index (χ1v) is 7.16. The number of carbonyl (C=O) groups excluding carboxylic acids is 3. The fourth-order valence-electron chi connectivity index (χ4n) is 2.58. The first-order valence-electron chi connectivity index (χ1n) is 7.16. The number of benzene rings is 2. The van der Waals surface area contributed by atoms with Crippen molar-refractivity contribution in [3.8, 4) is 0 Å². The van der Waals surface area contributed by atoms with Gasteiger partial charge in [-0.15, -0.1) is 0 Å². The zero-order valence-electron chi connectivity index (χ0n) is 12.4. The van der Waals surface area contributed by atoms with E-state index in [2.05, 4.69) is 10.5 Å². The summed E-state index contributed by atoms with van der Waals surface area (Å²) in [5, 5.41) is 3.94. The molecule has 2 aromatic rings. The van der Waals surface area contributed by atoms with Crippen molar-refractivity contribution < 1.29 is 14.4 Å². The zero-order valence-corrected chi connectivity index (χ0v) is 12.4. The molecule has 1 aliphatic rings. The summed E-state index contributed by atoms with van der Waals surface area (Å²) in [6, 6.07) is 15.3. The summed E-state index contributed by atoms with van der Waals surface area (Å²) in [7, 11) is 0. The van der Waals surface area contributed by atoms with Gasteiger partial charge in [-0.1, -0.05) is 42.5 Å². The molecule has 0 saturated carbocycles. The van der Waals surface area contributed by atoms with Crippen molar-refractivity contribution in [2.45, 2.75) is 6.92 Å². The summed E-state index contributed by atoms with van der Waals surface area (Å²) in [6.07, 6.45) is 0. The molecule has 0 saturated heterocycles. The molecule has 0 aromatic heterocycles. The third kappa shape index (κ3) is 2.68. The predicted molar refractivity (Wildman–Crippen MR) is 85.6 cm³/mol. The second kappa shape index (κ2) is 5.96. The highest BCUT2D eigenvalue weighted by molar-refractivity contribution is 6.36. The molecule has 0 radical (unpaired) electrons. The molecule has 2 aromatic carbocycles. The number of rotatable bonds is 3. The maximum absolute atomic E-state index is 12.3. The number of Topliss-reactive ketones (excluding diaryl/α,β-unsaturated/α-hetero) is 2. The largest absolute Gasteiger partial charge is 0.293 e. The summed E-state index contributed by atoms with van der Waals surface area (Å²) < 4.78 is 0. The van der Waals surface area contributed by atoms with E-state index in [1.54, 1.807) is 61.5 Å². The van der Waals surface area contributed by atoms with Crippen molar-refractivity contribution in [1.82, 2.24) is 5.43 Å². The van der Waals surface area contributed by atoms with Crippen LogP contribution >= 0.6 is 0 Å². The summed E-state index contributed by atoms with van der Waals surface area (Å²) in [4.78, 5) is 36.7. The van der Waals surface area contributed by atoms with Crippen molar-refractivity contribution in [1.29, 1.82) is 0 Å². The number of nitrogens with one attached hydrogen (secondary N) is 1. The van der Waals surface area contributed by atoms with Gasteiger partial charge in [0, 0.05) is 16.7 Å². The number of hydrogen-bond acceptors (Lipinski definition) is 4. The van der Waals surface area contributed by atoms with Gasteiger partial charge >= 0.3 is 0 Å². The summed E-state index contributed by atoms with van der Waals surface area (Å²) in [5.74, 6) is -1.90. The minimum absolute atomic E-state index is 0.277. The van der Waals surface area contributed by atoms with Gasteiger partial charge in [-0.3, -0.25) is 14.4 Å². The van der Waals surface area contributed by atoms with E-state index in [1.165, 1.54) is 0 Å². The highest BCUT2D eigenvalue weighted by Crippen LogP contribution is 2.27. The molecule has 5 nitrogen and oxygen atoms in total. The molecule has 1 aliphatic carbocycles. The molecular formula is C18H14N2O3. The number of amides is 1. The zero-order chi connectivity index (χ0) is 16.4. The predicted octanol–water partition coefficient (Wildman–Crippen LogP) is 2.49. The lowest BCUT2D eigenvalue weighted by molar-refractivity contribution is 0.0877. The Labute approximate surface area is 133 Å². The van der Waals surface area contributed by atoms with Gasteiger partial charge in [0.25, 0.3) is 5.91 Å². The maximum Gasteiger partial charge on any atom is 0.271 e. The van der Waals surface area contributed by atoms with Crippen molar-refractivity contribution >= 4 is 23.2 Å². The molecule has 5 heteroatoms. The SMILES string of the molecule is C/C(=N/NC(=O)c1ccccc1)C1C(=O)c2ccccc2C1=O. The highest BCUT2D eigenvalue weighted by Gasteiger charge is 2.40. The van der Waals surface area contributed by atoms with E-state index in [0.717, 1.165) is 0 Å². The Morgan fingerprint density at radius 1 is 0.913 bits per heavy atom. The van der Waals surface area contributed by atoms with Crippen molar-refractivity contribution in [2.24, 2.45) is 11.0 Å². The molecule has 3 rings (SSSR count). The Balaban J connectivity index is 1.79. The van der Waals surface area contributed by atoms with Crippen LogP contribution in [0, 0.1) is 5.92 Å². The van der Waals surface area contributed by atoms with Crippen LogP contribution < -0.4 is 5.43 Å². The van der Waals surface area contributed by atoms with E-state index in [4.69, 9.17) is 0 Å². The third-order valence-electron chi connectivity index (χ3n) is 3.77. The summed E-state index contributed by atoms with van der Waals surface area (Å²) >= 11 is 0. The Morgan fingerprint density at radius 3 is 2.00 bits per heavy atom. The van der Waals surface area contributed by atoms with E-state index < -0.39 is 5.92 Å². The van der Waals surface area contributed by atoms with Gasteiger partial charge in [0.2, 0.25) is 0 Å². The second-order valence-corrected chi connectivity index (χ2v) is 5.27. The minimum atomic E-state index is -0.955. The molecule has 0 unspecified atom stereocenters. The first-order chi connectivity index (χ1) is 11.1. The number of nitrogens with zero attached hydrogens (tertiary/aromatic N) is 1. The van der Waals surface area contributed by atoms with E-state index in [-0.39, 0.29) is 23.2 Å². The highest BCUT2D eigenvalue weighted by atomic mass is 16.2. The van der Waals surface area contributed by atoms with Crippen LogP contribution in [0.1, 0.15) is 38.0 Å². The van der Waals surface area contributed by atoms with E-state index in [1.807, 2.05) is 0 Å².